The quantitative estimate of drug-likeness (QED) is 0.833. The molecule has 2 aromatic rings. The van der Waals surface area contributed by atoms with Crippen molar-refractivity contribution in [1.29, 1.82) is 0 Å². The third-order valence-electron chi connectivity index (χ3n) is 5.15. The molecule has 0 aromatic carbocycles. The van der Waals surface area contributed by atoms with E-state index in [2.05, 4.69) is 15.2 Å². The van der Waals surface area contributed by atoms with E-state index in [-0.39, 0.29) is 30.7 Å². The van der Waals surface area contributed by atoms with Crippen LogP contribution in [0.4, 0.5) is 0 Å². The zero-order valence-electron chi connectivity index (χ0n) is 15.1. The van der Waals surface area contributed by atoms with Gasteiger partial charge in [0, 0.05) is 51.3 Å². The third kappa shape index (κ3) is 5.02. The summed E-state index contributed by atoms with van der Waals surface area (Å²) in [4.78, 5) is 19.0. The van der Waals surface area contributed by atoms with E-state index in [1.807, 2.05) is 12.4 Å². The Bertz CT molecular complexity index is 734. The molecule has 0 atom stereocenters. The SMILES string of the molecule is Cl.Cl.O=C(NCc1cncc2c1CCN(C1CCOCC1)C2)c1ccco1. The number of halogens is 2. The molecule has 0 aliphatic carbocycles. The van der Waals surface area contributed by atoms with Crippen LogP contribution in [0.1, 0.15) is 40.1 Å². The zero-order valence-corrected chi connectivity index (χ0v) is 16.7. The molecule has 6 nitrogen and oxygen atoms in total. The number of carbonyl (C=O) groups is 1. The van der Waals surface area contributed by atoms with Gasteiger partial charge in [-0.05, 0) is 48.1 Å². The van der Waals surface area contributed by atoms with E-state index in [1.54, 1.807) is 12.1 Å². The van der Waals surface area contributed by atoms with Crippen molar-refractivity contribution >= 4 is 30.7 Å². The molecule has 1 fully saturated rings. The minimum Gasteiger partial charge on any atom is -0.459 e. The summed E-state index contributed by atoms with van der Waals surface area (Å²) in [6, 6.07) is 4.00. The van der Waals surface area contributed by atoms with Crippen LogP contribution < -0.4 is 5.32 Å². The molecule has 2 aliphatic rings. The molecule has 8 heteroatoms. The molecule has 27 heavy (non-hydrogen) atoms. The van der Waals surface area contributed by atoms with Crippen LogP contribution in [0, 0.1) is 0 Å². The number of nitrogens with one attached hydrogen (secondary N) is 1. The van der Waals surface area contributed by atoms with Gasteiger partial charge in [0.1, 0.15) is 0 Å². The average Bonchev–Trinajstić information content (AvgIpc) is 3.21. The predicted molar refractivity (Wildman–Crippen MR) is 107 cm³/mol. The minimum atomic E-state index is -0.192. The molecule has 0 radical (unpaired) electrons. The van der Waals surface area contributed by atoms with Crippen LogP contribution in [0.5, 0.6) is 0 Å². The Morgan fingerprint density at radius 2 is 2.07 bits per heavy atom. The number of fused-ring (bicyclic) bond motifs is 1. The van der Waals surface area contributed by atoms with E-state index in [0.29, 0.717) is 18.3 Å². The van der Waals surface area contributed by atoms with Crippen molar-refractivity contribution in [2.75, 3.05) is 19.8 Å². The highest BCUT2D eigenvalue weighted by Crippen LogP contribution is 2.26. The topological polar surface area (TPSA) is 67.6 Å². The Kier molecular flexibility index (Phi) is 8.10. The first-order valence-electron chi connectivity index (χ1n) is 8.89. The summed E-state index contributed by atoms with van der Waals surface area (Å²) in [5.74, 6) is 0.144. The standard InChI is InChI=1S/C19H23N3O3.2ClH/c23-19(18-2-1-7-25-18)21-12-14-10-20-11-15-13-22(6-3-17(14)15)16-4-8-24-9-5-16;;/h1-2,7,10-11,16H,3-6,8-9,12-13H2,(H,21,23);2*1H. The molecular formula is C19H25Cl2N3O3. The van der Waals surface area contributed by atoms with Crippen LogP contribution in [0.15, 0.2) is 35.2 Å². The van der Waals surface area contributed by atoms with Gasteiger partial charge < -0.3 is 14.5 Å². The molecule has 4 rings (SSSR count). The summed E-state index contributed by atoms with van der Waals surface area (Å²) in [6.07, 6.45) is 8.57. The van der Waals surface area contributed by atoms with Gasteiger partial charge in [0.25, 0.3) is 5.91 Å². The summed E-state index contributed by atoms with van der Waals surface area (Å²) in [5.41, 5.74) is 3.71. The lowest BCUT2D eigenvalue weighted by Crippen LogP contribution is -2.42. The fourth-order valence-corrected chi connectivity index (χ4v) is 3.77. The summed E-state index contributed by atoms with van der Waals surface area (Å²) in [6.45, 7) is 4.21. The van der Waals surface area contributed by atoms with Gasteiger partial charge in [-0.1, -0.05) is 0 Å². The fourth-order valence-electron chi connectivity index (χ4n) is 3.77. The molecule has 0 spiro atoms. The summed E-state index contributed by atoms with van der Waals surface area (Å²) in [7, 11) is 0. The van der Waals surface area contributed by atoms with E-state index >= 15 is 0 Å². The molecular weight excluding hydrogens is 389 g/mol. The highest BCUT2D eigenvalue weighted by atomic mass is 35.5. The second-order valence-electron chi connectivity index (χ2n) is 6.66. The van der Waals surface area contributed by atoms with Crippen LogP contribution in [0.3, 0.4) is 0 Å². The highest BCUT2D eigenvalue weighted by Gasteiger charge is 2.26. The number of carbonyl (C=O) groups excluding carboxylic acids is 1. The maximum Gasteiger partial charge on any atom is 0.287 e. The first-order valence-corrected chi connectivity index (χ1v) is 8.89. The normalized spacial score (nSPS) is 17.3. The van der Waals surface area contributed by atoms with E-state index in [9.17, 15) is 4.79 Å². The number of ether oxygens (including phenoxy) is 1. The molecule has 0 unspecified atom stereocenters. The summed E-state index contributed by atoms with van der Waals surface area (Å²) in [5, 5.41) is 2.92. The Balaban J connectivity index is 0.00000131. The van der Waals surface area contributed by atoms with Crippen molar-refractivity contribution in [2.24, 2.45) is 0 Å². The largest absolute Gasteiger partial charge is 0.459 e. The number of amides is 1. The smallest absolute Gasteiger partial charge is 0.287 e. The number of pyridine rings is 1. The number of aromatic nitrogens is 1. The zero-order chi connectivity index (χ0) is 17.1. The van der Waals surface area contributed by atoms with E-state index < -0.39 is 0 Å². The lowest BCUT2D eigenvalue weighted by atomic mass is 9.94. The second kappa shape index (κ2) is 10.1. The lowest BCUT2D eigenvalue weighted by Gasteiger charge is -2.37. The van der Waals surface area contributed by atoms with Crippen LogP contribution >= 0.6 is 24.8 Å². The third-order valence-corrected chi connectivity index (χ3v) is 5.15. The van der Waals surface area contributed by atoms with Crippen molar-refractivity contribution < 1.29 is 13.9 Å². The Labute approximate surface area is 171 Å². The molecule has 1 saturated heterocycles. The van der Waals surface area contributed by atoms with Gasteiger partial charge in [-0.2, -0.15) is 0 Å². The van der Waals surface area contributed by atoms with Crippen LogP contribution in [-0.2, 0) is 24.2 Å². The van der Waals surface area contributed by atoms with Crippen LogP contribution in [0.2, 0.25) is 0 Å². The first kappa shape index (κ1) is 21.7. The maximum atomic E-state index is 12.1. The lowest BCUT2D eigenvalue weighted by molar-refractivity contribution is 0.0289. The molecule has 148 valence electrons. The van der Waals surface area contributed by atoms with Gasteiger partial charge in [0.2, 0.25) is 0 Å². The van der Waals surface area contributed by atoms with Crippen molar-refractivity contribution in [3.63, 3.8) is 0 Å². The predicted octanol–water partition coefficient (Wildman–Crippen LogP) is 2.99. The second-order valence-corrected chi connectivity index (χ2v) is 6.66. The van der Waals surface area contributed by atoms with Gasteiger partial charge in [0.05, 0.1) is 6.26 Å². The molecule has 2 aliphatic heterocycles. The van der Waals surface area contributed by atoms with Gasteiger partial charge in [-0.15, -0.1) is 24.8 Å². The molecule has 0 bridgehead atoms. The average molecular weight is 414 g/mol. The van der Waals surface area contributed by atoms with Crippen LogP contribution in [-0.4, -0.2) is 41.6 Å². The molecule has 1 amide bonds. The number of furan rings is 1. The van der Waals surface area contributed by atoms with Gasteiger partial charge in [-0.25, -0.2) is 0 Å². The summed E-state index contributed by atoms with van der Waals surface area (Å²) < 4.78 is 10.6. The number of nitrogens with zero attached hydrogens (tertiary/aromatic N) is 2. The molecule has 2 aromatic heterocycles. The fraction of sp³-hybridized carbons (Fsp3) is 0.474. The maximum absolute atomic E-state index is 12.1. The molecule has 1 N–H and O–H groups in total. The number of hydrogen-bond donors (Lipinski definition) is 1. The number of rotatable bonds is 4. The van der Waals surface area contributed by atoms with Crippen LogP contribution in [0.25, 0.3) is 0 Å². The van der Waals surface area contributed by atoms with Crippen molar-refractivity contribution in [2.45, 2.75) is 38.4 Å². The van der Waals surface area contributed by atoms with Gasteiger partial charge >= 0.3 is 0 Å². The van der Waals surface area contributed by atoms with Crippen molar-refractivity contribution in [3.8, 4) is 0 Å². The Morgan fingerprint density at radius 3 is 2.81 bits per heavy atom. The minimum absolute atomic E-state index is 0. The first-order chi connectivity index (χ1) is 12.3. The monoisotopic (exact) mass is 413 g/mol. The van der Waals surface area contributed by atoms with Crippen molar-refractivity contribution in [1.82, 2.24) is 15.2 Å². The Morgan fingerprint density at radius 1 is 1.26 bits per heavy atom. The van der Waals surface area contributed by atoms with Gasteiger partial charge in [0.15, 0.2) is 5.76 Å². The van der Waals surface area contributed by atoms with E-state index in [0.717, 1.165) is 51.1 Å². The molecule has 4 heterocycles. The molecule has 0 saturated carbocycles. The van der Waals surface area contributed by atoms with Gasteiger partial charge in [-0.3, -0.25) is 14.7 Å². The Hall–Kier alpha value is -1.60. The van der Waals surface area contributed by atoms with E-state index in [1.165, 1.54) is 17.4 Å². The number of hydrogen-bond acceptors (Lipinski definition) is 5. The highest BCUT2D eigenvalue weighted by molar-refractivity contribution is 5.91. The van der Waals surface area contributed by atoms with Crippen molar-refractivity contribution in [3.05, 3.63) is 53.2 Å². The van der Waals surface area contributed by atoms with E-state index in [4.69, 9.17) is 9.15 Å². The summed E-state index contributed by atoms with van der Waals surface area (Å²) >= 11 is 0.